The number of carboxylic acid groups (broad SMARTS) is 1. The molecule has 1 saturated heterocycles. The number of hydrogen-bond acceptors (Lipinski definition) is 3. The van der Waals surface area contributed by atoms with Gasteiger partial charge >= 0.3 is 5.97 Å². The lowest BCUT2D eigenvalue weighted by Gasteiger charge is -2.33. The zero-order chi connectivity index (χ0) is 20.4. The van der Waals surface area contributed by atoms with Gasteiger partial charge in [0.25, 0.3) is 5.91 Å². The molecule has 2 N–H and O–H groups in total. The third-order valence-electron chi connectivity index (χ3n) is 6.26. The Bertz CT molecular complexity index is 941. The quantitative estimate of drug-likeness (QED) is 0.815. The number of carbonyl (C=O) groups excluding carboxylic acids is 2. The molecule has 1 aliphatic heterocycles. The molecule has 1 saturated carbocycles. The summed E-state index contributed by atoms with van der Waals surface area (Å²) in [5.41, 5.74) is 0.596. The second kappa shape index (κ2) is 8.23. The van der Waals surface area contributed by atoms with Crippen LogP contribution in [0.3, 0.4) is 0 Å². The molecule has 4 rings (SSSR count). The summed E-state index contributed by atoms with van der Waals surface area (Å²) >= 11 is 0. The molecule has 1 aliphatic carbocycles. The first kappa shape index (κ1) is 19.4. The van der Waals surface area contributed by atoms with E-state index in [-0.39, 0.29) is 30.8 Å². The highest BCUT2D eigenvalue weighted by Gasteiger charge is 2.47. The van der Waals surface area contributed by atoms with Crippen molar-refractivity contribution >= 4 is 28.6 Å². The average molecular weight is 394 g/mol. The topological polar surface area (TPSA) is 86.7 Å². The van der Waals surface area contributed by atoms with Crippen LogP contribution in [0, 0.1) is 5.92 Å². The highest BCUT2D eigenvalue weighted by molar-refractivity contribution is 6.01. The fraction of sp³-hybridized carbons (Fsp3) is 0.435. The van der Waals surface area contributed by atoms with Gasteiger partial charge in [0.05, 0.1) is 6.42 Å². The van der Waals surface area contributed by atoms with E-state index in [0.29, 0.717) is 17.9 Å². The molecule has 152 valence electrons. The maximum atomic E-state index is 13.5. The van der Waals surface area contributed by atoms with E-state index in [1.165, 1.54) is 0 Å². The highest BCUT2D eigenvalue weighted by atomic mass is 16.4. The Balaban J connectivity index is 1.59. The van der Waals surface area contributed by atoms with E-state index in [2.05, 4.69) is 5.32 Å². The molecule has 0 radical (unpaired) electrons. The molecule has 2 amide bonds. The number of nitrogens with one attached hydrogen (secondary N) is 1. The average Bonchev–Trinajstić information content (AvgIpc) is 3.12. The molecular weight excluding hydrogens is 368 g/mol. The Morgan fingerprint density at radius 2 is 1.79 bits per heavy atom. The number of amides is 2. The molecule has 1 heterocycles. The maximum Gasteiger partial charge on any atom is 0.305 e. The van der Waals surface area contributed by atoms with Crippen LogP contribution >= 0.6 is 0 Å². The monoisotopic (exact) mass is 394 g/mol. The van der Waals surface area contributed by atoms with Gasteiger partial charge in [-0.25, -0.2) is 0 Å². The number of nitrogens with zero attached hydrogens (tertiary/aromatic N) is 1. The van der Waals surface area contributed by atoms with Crippen LogP contribution in [-0.2, 0) is 9.59 Å². The van der Waals surface area contributed by atoms with Gasteiger partial charge in [0, 0.05) is 18.2 Å². The molecule has 2 aromatic carbocycles. The molecule has 0 aromatic heterocycles. The minimum atomic E-state index is -0.950. The van der Waals surface area contributed by atoms with Crippen LogP contribution in [0.15, 0.2) is 42.5 Å². The van der Waals surface area contributed by atoms with Gasteiger partial charge in [-0.3, -0.25) is 14.4 Å². The Morgan fingerprint density at radius 3 is 2.59 bits per heavy atom. The smallest absolute Gasteiger partial charge is 0.305 e. The Morgan fingerprint density at radius 1 is 1.03 bits per heavy atom. The SMILES string of the molecule is O=C(O)CCNC(=O)C1CC2CCCCC2N1C(=O)c1ccc2ccccc2c1. The van der Waals surface area contributed by atoms with Crippen LogP contribution in [0.5, 0.6) is 0 Å². The van der Waals surface area contributed by atoms with Crippen LogP contribution < -0.4 is 5.32 Å². The molecular formula is C23H26N2O4. The zero-order valence-electron chi connectivity index (χ0n) is 16.3. The van der Waals surface area contributed by atoms with Crippen LogP contribution in [-0.4, -0.2) is 46.4 Å². The molecule has 3 unspecified atom stereocenters. The fourth-order valence-corrected chi connectivity index (χ4v) is 4.87. The van der Waals surface area contributed by atoms with Crippen molar-refractivity contribution in [2.75, 3.05) is 6.54 Å². The van der Waals surface area contributed by atoms with Gasteiger partial charge in [-0.1, -0.05) is 43.2 Å². The second-order valence-electron chi connectivity index (χ2n) is 8.07. The molecule has 0 bridgehead atoms. The minimum absolute atomic E-state index is 0.0814. The zero-order valence-corrected chi connectivity index (χ0v) is 16.3. The molecule has 6 heteroatoms. The van der Waals surface area contributed by atoms with Gasteiger partial charge in [-0.2, -0.15) is 0 Å². The number of carboxylic acids is 1. The van der Waals surface area contributed by atoms with Gasteiger partial charge in [0.1, 0.15) is 6.04 Å². The standard InChI is InChI=1S/C23H26N2O4/c26-21(27)11-12-24-22(28)20-14-17-7-3-4-8-19(17)25(20)23(29)18-10-9-15-5-1-2-6-16(15)13-18/h1-2,5-6,9-10,13,17,19-20H,3-4,7-8,11-12,14H2,(H,24,28)(H,26,27). The third-order valence-corrected chi connectivity index (χ3v) is 6.26. The Hall–Kier alpha value is -2.89. The number of hydrogen-bond donors (Lipinski definition) is 2. The van der Waals surface area contributed by atoms with E-state index in [4.69, 9.17) is 5.11 Å². The molecule has 0 spiro atoms. The largest absolute Gasteiger partial charge is 0.481 e. The lowest BCUT2D eigenvalue weighted by molar-refractivity contribution is -0.137. The van der Waals surface area contributed by atoms with Crippen molar-refractivity contribution in [1.82, 2.24) is 10.2 Å². The molecule has 2 aromatic rings. The minimum Gasteiger partial charge on any atom is -0.481 e. The van der Waals surface area contributed by atoms with Crippen molar-refractivity contribution in [3.05, 3.63) is 48.0 Å². The van der Waals surface area contributed by atoms with Gasteiger partial charge in [0.15, 0.2) is 0 Å². The number of rotatable bonds is 5. The first-order valence-corrected chi connectivity index (χ1v) is 10.4. The molecule has 2 fully saturated rings. The maximum absolute atomic E-state index is 13.5. The number of likely N-dealkylation sites (tertiary alicyclic amines) is 1. The predicted octanol–water partition coefficient (Wildman–Crippen LogP) is 3.20. The van der Waals surface area contributed by atoms with Crippen LogP contribution in [0.25, 0.3) is 10.8 Å². The number of carbonyl (C=O) groups is 3. The lowest BCUT2D eigenvalue weighted by atomic mass is 9.84. The fourth-order valence-electron chi connectivity index (χ4n) is 4.87. The summed E-state index contributed by atoms with van der Waals surface area (Å²) < 4.78 is 0. The van der Waals surface area contributed by atoms with Gasteiger partial charge < -0.3 is 15.3 Å². The Kier molecular flexibility index (Phi) is 5.51. The van der Waals surface area contributed by atoms with Crippen molar-refractivity contribution in [2.24, 2.45) is 5.92 Å². The van der Waals surface area contributed by atoms with E-state index in [1.807, 2.05) is 42.5 Å². The third kappa shape index (κ3) is 3.97. The molecule has 29 heavy (non-hydrogen) atoms. The van der Waals surface area contributed by atoms with Crippen LogP contribution in [0.2, 0.25) is 0 Å². The highest BCUT2D eigenvalue weighted by Crippen LogP contribution is 2.40. The lowest BCUT2D eigenvalue weighted by Crippen LogP contribution is -2.49. The van der Waals surface area contributed by atoms with Crippen molar-refractivity contribution in [3.8, 4) is 0 Å². The van der Waals surface area contributed by atoms with E-state index in [1.54, 1.807) is 4.90 Å². The summed E-state index contributed by atoms with van der Waals surface area (Å²) in [6.45, 7) is 0.0814. The van der Waals surface area contributed by atoms with Crippen LogP contribution in [0.4, 0.5) is 0 Å². The second-order valence-corrected chi connectivity index (χ2v) is 8.07. The summed E-state index contributed by atoms with van der Waals surface area (Å²) in [4.78, 5) is 38.9. The Labute approximate surface area is 169 Å². The van der Waals surface area contributed by atoms with Crippen molar-refractivity contribution in [1.29, 1.82) is 0 Å². The summed E-state index contributed by atoms with van der Waals surface area (Å²) in [7, 11) is 0. The number of fused-ring (bicyclic) bond motifs is 2. The summed E-state index contributed by atoms with van der Waals surface area (Å²) in [5, 5.41) is 13.6. The predicted molar refractivity (Wildman–Crippen MR) is 110 cm³/mol. The van der Waals surface area contributed by atoms with Gasteiger partial charge in [0.2, 0.25) is 5.91 Å². The summed E-state index contributed by atoms with van der Waals surface area (Å²) in [6.07, 6.45) is 4.68. The van der Waals surface area contributed by atoms with Crippen LogP contribution in [0.1, 0.15) is 48.9 Å². The van der Waals surface area contributed by atoms with E-state index >= 15 is 0 Å². The van der Waals surface area contributed by atoms with E-state index in [9.17, 15) is 14.4 Å². The first-order valence-electron chi connectivity index (χ1n) is 10.4. The van der Waals surface area contributed by atoms with Gasteiger partial charge in [-0.05, 0) is 48.1 Å². The number of benzene rings is 2. The first-order chi connectivity index (χ1) is 14.0. The summed E-state index contributed by atoms with van der Waals surface area (Å²) in [6, 6.07) is 13.1. The normalized spacial score (nSPS) is 23.6. The molecule has 2 aliphatic rings. The molecule has 6 nitrogen and oxygen atoms in total. The van der Waals surface area contributed by atoms with E-state index in [0.717, 1.165) is 36.5 Å². The van der Waals surface area contributed by atoms with Crippen molar-refractivity contribution in [2.45, 2.75) is 50.6 Å². The summed E-state index contributed by atoms with van der Waals surface area (Å²) in [5.74, 6) is -0.962. The number of aliphatic carboxylic acids is 1. The van der Waals surface area contributed by atoms with E-state index < -0.39 is 12.0 Å². The van der Waals surface area contributed by atoms with Crippen molar-refractivity contribution in [3.63, 3.8) is 0 Å². The van der Waals surface area contributed by atoms with Gasteiger partial charge in [-0.15, -0.1) is 0 Å². The van der Waals surface area contributed by atoms with Crippen molar-refractivity contribution < 1.29 is 19.5 Å². The molecule has 3 atom stereocenters.